The first-order chi connectivity index (χ1) is 13.7. The number of nitrogens with two attached hydrogens (primary N) is 1. The molecular weight excluding hydrogens is 370 g/mol. The van der Waals surface area contributed by atoms with E-state index in [1.165, 1.54) is 16.9 Å². The van der Waals surface area contributed by atoms with Crippen molar-refractivity contribution in [3.8, 4) is 5.75 Å². The van der Waals surface area contributed by atoms with Gasteiger partial charge in [0.2, 0.25) is 0 Å². The summed E-state index contributed by atoms with van der Waals surface area (Å²) in [6.45, 7) is 1.59. The molecule has 2 aromatic carbocycles. The number of rotatable bonds is 10. The standard InChI is InChI=1S/C22H25N3O2S/c23-15-21-25-20(16-28-21)22(26)24-12-11-18-8-4-10-19(14-18)27-13-5-9-17-6-2-1-3-7-17/h1-4,6-8,10,14,16H,5,9,11-13,15,23H2,(H,24,26). The van der Waals surface area contributed by atoms with Gasteiger partial charge >= 0.3 is 0 Å². The van der Waals surface area contributed by atoms with Gasteiger partial charge in [0.1, 0.15) is 16.5 Å². The SMILES string of the molecule is NCc1nc(C(=O)NCCc2cccc(OCCCc3ccccc3)c2)cs1. The predicted molar refractivity (Wildman–Crippen MR) is 113 cm³/mol. The molecule has 3 rings (SSSR count). The fraction of sp³-hybridized carbons (Fsp3) is 0.273. The summed E-state index contributed by atoms with van der Waals surface area (Å²) in [5, 5.41) is 5.40. The Morgan fingerprint density at radius 3 is 2.68 bits per heavy atom. The number of aryl methyl sites for hydroxylation is 1. The van der Waals surface area contributed by atoms with Crippen LogP contribution in [0.5, 0.6) is 5.75 Å². The number of aromatic nitrogens is 1. The van der Waals surface area contributed by atoms with Gasteiger partial charge in [0.15, 0.2) is 0 Å². The predicted octanol–water partition coefficient (Wildman–Crippen LogP) is 3.59. The quantitative estimate of drug-likeness (QED) is 0.514. The van der Waals surface area contributed by atoms with Crippen molar-refractivity contribution in [3.63, 3.8) is 0 Å². The van der Waals surface area contributed by atoms with Crippen LogP contribution in [0.3, 0.4) is 0 Å². The Balaban J connectivity index is 1.39. The van der Waals surface area contributed by atoms with Crippen molar-refractivity contribution >= 4 is 17.2 Å². The summed E-state index contributed by atoms with van der Waals surface area (Å²) in [4.78, 5) is 16.3. The molecule has 0 fully saturated rings. The van der Waals surface area contributed by atoms with Crippen molar-refractivity contribution in [2.75, 3.05) is 13.2 Å². The second-order valence-electron chi connectivity index (χ2n) is 6.42. The topological polar surface area (TPSA) is 77.2 Å². The van der Waals surface area contributed by atoms with E-state index >= 15 is 0 Å². The van der Waals surface area contributed by atoms with Crippen molar-refractivity contribution in [1.82, 2.24) is 10.3 Å². The Morgan fingerprint density at radius 2 is 1.89 bits per heavy atom. The lowest BCUT2D eigenvalue weighted by Gasteiger charge is -2.09. The van der Waals surface area contributed by atoms with Crippen molar-refractivity contribution in [1.29, 1.82) is 0 Å². The van der Waals surface area contributed by atoms with Gasteiger partial charge < -0.3 is 15.8 Å². The Bertz CT molecular complexity index is 880. The molecule has 3 aromatic rings. The van der Waals surface area contributed by atoms with Crippen molar-refractivity contribution < 1.29 is 9.53 Å². The maximum absolute atomic E-state index is 12.1. The van der Waals surface area contributed by atoms with E-state index in [-0.39, 0.29) is 5.91 Å². The normalized spacial score (nSPS) is 10.6. The summed E-state index contributed by atoms with van der Waals surface area (Å²) >= 11 is 1.40. The van der Waals surface area contributed by atoms with Crippen LogP contribution >= 0.6 is 11.3 Å². The summed E-state index contributed by atoms with van der Waals surface area (Å²) in [5.74, 6) is 0.702. The van der Waals surface area contributed by atoms with Crippen molar-refractivity contribution in [3.05, 3.63) is 81.8 Å². The van der Waals surface area contributed by atoms with Gasteiger partial charge in [-0.2, -0.15) is 0 Å². The van der Waals surface area contributed by atoms with Crippen molar-refractivity contribution in [2.24, 2.45) is 5.73 Å². The van der Waals surface area contributed by atoms with E-state index in [0.29, 0.717) is 25.4 Å². The maximum atomic E-state index is 12.1. The second kappa shape index (κ2) is 10.6. The highest BCUT2D eigenvalue weighted by molar-refractivity contribution is 7.09. The van der Waals surface area contributed by atoms with Crippen LogP contribution in [0.4, 0.5) is 0 Å². The number of hydrogen-bond donors (Lipinski definition) is 2. The highest BCUT2D eigenvalue weighted by atomic mass is 32.1. The number of benzene rings is 2. The fourth-order valence-electron chi connectivity index (χ4n) is 2.82. The van der Waals surface area contributed by atoms with E-state index in [2.05, 4.69) is 34.6 Å². The molecule has 28 heavy (non-hydrogen) atoms. The lowest BCUT2D eigenvalue weighted by Crippen LogP contribution is -2.26. The van der Waals surface area contributed by atoms with Crippen LogP contribution in [0.1, 0.15) is 33.0 Å². The van der Waals surface area contributed by atoms with Gasteiger partial charge in [-0.25, -0.2) is 4.98 Å². The first kappa shape index (κ1) is 20.0. The van der Waals surface area contributed by atoms with Crippen LogP contribution in [0.25, 0.3) is 0 Å². The van der Waals surface area contributed by atoms with Gasteiger partial charge in [0.25, 0.3) is 5.91 Å². The zero-order valence-corrected chi connectivity index (χ0v) is 16.6. The maximum Gasteiger partial charge on any atom is 0.270 e. The summed E-state index contributed by atoms with van der Waals surface area (Å²) in [5.41, 5.74) is 8.42. The molecule has 1 aromatic heterocycles. The van der Waals surface area contributed by atoms with Crippen molar-refractivity contribution in [2.45, 2.75) is 25.8 Å². The number of amides is 1. The average Bonchev–Trinajstić information content (AvgIpc) is 3.22. The number of thiazole rings is 1. The Morgan fingerprint density at radius 1 is 1.07 bits per heavy atom. The van der Waals surface area contributed by atoms with Crippen LogP contribution in [-0.2, 0) is 19.4 Å². The number of ether oxygens (including phenoxy) is 1. The molecule has 0 atom stereocenters. The number of carbonyl (C=O) groups is 1. The monoisotopic (exact) mass is 395 g/mol. The first-order valence-electron chi connectivity index (χ1n) is 9.43. The lowest BCUT2D eigenvalue weighted by atomic mass is 10.1. The fourth-order valence-corrected chi connectivity index (χ4v) is 3.48. The molecule has 1 amide bonds. The first-order valence-corrected chi connectivity index (χ1v) is 10.3. The van der Waals surface area contributed by atoms with Crippen LogP contribution in [0.2, 0.25) is 0 Å². The molecule has 0 saturated heterocycles. The van der Waals surface area contributed by atoms with Gasteiger partial charge in [-0.15, -0.1) is 11.3 Å². The molecule has 0 aliphatic heterocycles. The average molecular weight is 396 g/mol. The largest absolute Gasteiger partial charge is 0.494 e. The summed E-state index contributed by atoms with van der Waals surface area (Å²) in [6.07, 6.45) is 2.72. The number of nitrogens with zero attached hydrogens (tertiary/aromatic N) is 1. The number of carbonyl (C=O) groups excluding carboxylic acids is 1. The molecule has 5 nitrogen and oxygen atoms in total. The molecule has 6 heteroatoms. The second-order valence-corrected chi connectivity index (χ2v) is 7.36. The molecule has 0 saturated carbocycles. The van der Waals surface area contributed by atoms with E-state index in [1.807, 2.05) is 30.3 Å². The molecule has 0 aliphatic rings. The Labute approximate surface area is 169 Å². The van der Waals surface area contributed by atoms with Crippen LogP contribution < -0.4 is 15.8 Å². The third kappa shape index (κ3) is 6.18. The number of hydrogen-bond acceptors (Lipinski definition) is 5. The highest BCUT2D eigenvalue weighted by Crippen LogP contribution is 2.15. The lowest BCUT2D eigenvalue weighted by molar-refractivity contribution is 0.0949. The van der Waals surface area contributed by atoms with E-state index < -0.39 is 0 Å². The smallest absolute Gasteiger partial charge is 0.270 e. The van der Waals surface area contributed by atoms with E-state index in [9.17, 15) is 4.79 Å². The summed E-state index contributed by atoms with van der Waals surface area (Å²) in [7, 11) is 0. The highest BCUT2D eigenvalue weighted by Gasteiger charge is 2.09. The van der Waals surface area contributed by atoms with E-state index in [1.54, 1.807) is 5.38 Å². The van der Waals surface area contributed by atoms with Gasteiger partial charge in [0.05, 0.1) is 6.61 Å². The molecule has 0 radical (unpaired) electrons. The Hall–Kier alpha value is -2.70. The van der Waals surface area contributed by atoms with E-state index in [0.717, 1.165) is 35.6 Å². The van der Waals surface area contributed by atoms with Gasteiger partial charge in [0, 0.05) is 18.5 Å². The molecule has 146 valence electrons. The van der Waals surface area contributed by atoms with Crippen LogP contribution in [0, 0.1) is 0 Å². The molecule has 0 unspecified atom stereocenters. The third-order valence-corrected chi connectivity index (χ3v) is 5.15. The van der Waals surface area contributed by atoms with E-state index in [4.69, 9.17) is 10.5 Å². The molecule has 0 aliphatic carbocycles. The minimum atomic E-state index is -0.163. The van der Waals surface area contributed by atoms with Gasteiger partial charge in [-0.1, -0.05) is 42.5 Å². The molecule has 0 spiro atoms. The third-order valence-electron chi connectivity index (χ3n) is 4.28. The zero-order valence-electron chi connectivity index (χ0n) is 15.8. The van der Waals surface area contributed by atoms with Gasteiger partial charge in [-0.3, -0.25) is 4.79 Å². The minimum absolute atomic E-state index is 0.163. The number of nitrogens with one attached hydrogen (secondary N) is 1. The molecule has 1 heterocycles. The minimum Gasteiger partial charge on any atom is -0.494 e. The Kier molecular flexibility index (Phi) is 7.58. The van der Waals surface area contributed by atoms with Crippen LogP contribution in [0.15, 0.2) is 60.0 Å². The van der Waals surface area contributed by atoms with Gasteiger partial charge in [-0.05, 0) is 42.5 Å². The summed E-state index contributed by atoms with van der Waals surface area (Å²) < 4.78 is 5.87. The zero-order chi connectivity index (χ0) is 19.6. The molecule has 3 N–H and O–H groups in total. The molecule has 0 bridgehead atoms. The summed E-state index contributed by atoms with van der Waals surface area (Å²) in [6, 6.07) is 18.4. The molecular formula is C22H25N3O2S. The van der Waals surface area contributed by atoms with Crippen LogP contribution in [-0.4, -0.2) is 24.0 Å².